The van der Waals surface area contributed by atoms with E-state index in [1.807, 2.05) is 0 Å². The van der Waals surface area contributed by atoms with Crippen molar-refractivity contribution in [3.8, 4) is 0 Å². The number of hydrogen-bond acceptors (Lipinski definition) is 3. The molecule has 0 aromatic carbocycles. The fourth-order valence-electron chi connectivity index (χ4n) is 1.02. The largest absolute Gasteiger partial charge is 0.379 e. The molecule has 76 valence electrons. The SMILES string of the molecule is C=CC(=O)NCN1CCOCC1.Cl. The number of carbonyl (C=O) groups excluding carboxylic acids is 1. The van der Waals surface area contributed by atoms with E-state index in [1.165, 1.54) is 6.08 Å². The third-order valence-electron chi connectivity index (χ3n) is 1.77. The molecule has 1 saturated heterocycles. The molecule has 1 rings (SSSR count). The van der Waals surface area contributed by atoms with Gasteiger partial charge in [0.2, 0.25) is 5.91 Å². The molecule has 1 aliphatic heterocycles. The molecule has 0 aromatic heterocycles. The highest BCUT2D eigenvalue weighted by Crippen LogP contribution is 1.93. The summed E-state index contributed by atoms with van der Waals surface area (Å²) in [5.41, 5.74) is 0. The summed E-state index contributed by atoms with van der Waals surface area (Å²) >= 11 is 0. The van der Waals surface area contributed by atoms with Gasteiger partial charge in [0, 0.05) is 13.1 Å². The quantitative estimate of drug-likeness (QED) is 0.661. The van der Waals surface area contributed by atoms with Crippen LogP contribution in [-0.4, -0.2) is 43.8 Å². The van der Waals surface area contributed by atoms with Crippen LogP contribution < -0.4 is 5.32 Å². The Balaban J connectivity index is 0.00000144. The average molecular weight is 207 g/mol. The van der Waals surface area contributed by atoms with Crippen LogP contribution in [0, 0.1) is 0 Å². The van der Waals surface area contributed by atoms with Crippen LogP contribution in [0.4, 0.5) is 0 Å². The maximum absolute atomic E-state index is 10.8. The number of nitrogens with one attached hydrogen (secondary N) is 1. The predicted molar refractivity (Wildman–Crippen MR) is 52.8 cm³/mol. The van der Waals surface area contributed by atoms with Gasteiger partial charge in [-0.3, -0.25) is 9.69 Å². The van der Waals surface area contributed by atoms with E-state index in [2.05, 4.69) is 16.8 Å². The maximum atomic E-state index is 10.8. The van der Waals surface area contributed by atoms with E-state index < -0.39 is 0 Å². The van der Waals surface area contributed by atoms with E-state index in [9.17, 15) is 4.79 Å². The molecule has 4 nitrogen and oxygen atoms in total. The lowest BCUT2D eigenvalue weighted by Gasteiger charge is -2.26. The molecular weight excluding hydrogens is 192 g/mol. The number of rotatable bonds is 3. The van der Waals surface area contributed by atoms with Crippen molar-refractivity contribution < 1.29 is 9.53 Å². The molecule has 1 N–H and O–H groups in total. The van der Waals surface area contributed by atoms with E-state index >= 15 is 0 Å². The van der Waals surface area contributed by atoms with E-state index in [-0.39, 0.29) is 18.3 Å². The number of carbonyl (C=O) groups is 1. The summed E-state index contributed by atoms with van der Waals surface area (Å²) in [4.78, 5) is 12.9. The van der Waals surface area contributed by atoms with Gasteiger partial charge in [0.25, 0.3) is 0 Å². The van der Waals surface area contributed by atoms with Gasteiger partial charge in [-0.25, -0.2) is 0 Å². The minimum Gasteiger partial charge on any atom is -0.379 e. The standard InChI is InChI=1S/C8H14N2O2.ClH/c1-2-8(11)9-7-10-3-5-12-6-4-10;/h2H,1,3-7H2,(H,9,11);1H. The molecule has 0 saturated carbocycles. The van der Waals surface area contributed by atoms with Crippen molar-refractivity contribution in [2.24, 2.45) is 0 Å². The van der Waals surface area contributed by atoms with Crippen molar-refractivity contribution >= 4 is 18.3 Å². The van der Waals surface area contributed by atoms with Gasteiger partial charge in [-0.05, 0) is 6.08 Å². The second kappa shape index (κ2) is 6.88. The van der Waals surface area contributed by atoms with Gasteiger partial charge in [-0.2, -0.15) is 0 Å². The van der Waals surface area contributed by atoms with Crippen molar-refractivity contribution in [2.75, 3.05) is 33.0 Å². The van der Waals surface area contributed by atoms with Gasteiger partial charge in [0.05, 0.1) is 19.9 Å². The number of nitrogens with zero attached hydrogens (tertiary/aromatic N) is 1. The Morgan fingerprint density at radius 1 is 1.54 bits per heavy atom. The molecule has 0 unspecified atom stereocenters. The van der Waals surface area contributed by atoms with Crippen LogP contribution in [0.25, 0.3) is 0 Å². The minimum atomic E-state index is -0.124. The first-order valence-electron chi connectivity index (χ1n) is 4.03. The Kier molecular flexibility index (Phi) is 6.58. The normalized spacial score (nSPS) is 17.2. The fourth-order valence-corrected chi connectivity index (χ4v) is 1.02. The van der Waals surface area contributed by atoms with Gasteiger partial charge in [-0.15, -0.1) is 12.4 Å². The summed E-state index contributed by atoms with van der Waals surface area (Å²) in [5, 5.41) is 2.72. The fraction of sp³-hybridized carbons (Fsp3) is 0.625. The van der Waals surface area contributed by atoms with Crippen molar-refractivity contribution in [3.63, 3.8) is 0 Å². The Morgan fingerprint density at radius 3 is 2.69 bits per heavy atom. The monoisotopic (exact) mass is 206 g/mol. The Bertz CT molecular complexity index is 170. The molecule has 0 aromatic rings. The van der Waals surface area contributed by atoms with Gasteiger partial charge in [-0.1, -0.05) is 6.58 Å². The van der Waals surface area contributed by atoms with Gasteiger partial charge < -0.3 is 10.1 Å². The second-order valence-corrected chi connectivity index (χ2v) is 2.63. The van der Waals surface area contributed by atoms with Crippen LogP contribution in [0.15, 0.2) is 12.7 Å². The lowest BCUT2D eigenvalue weighted by atomic mass is 10.4. The summed E-state index contributed by atoms with van der Waals surface area (Å²) in [6.07, 6.45) is 1.28. The highest BCUT2D eigenvalue weighted by atomic mass is 35.5. The molecule has 0 atom stereocenters. The third-order valence-corrected chi connectivity index (χ3v) is 1.77. The molecule has 5 heteroatoms. The van der Waals surface area contributed by atoms with Crippen LogP contribution in [0.1, 0.15) is 0 Å². The summed E-state index contributed by atoms with van der Waals surface area (Å²) in [5.74, 6) is -0.124. The van der Waals surface area contributed by atoms with E-state index in [1.54, 1.807) is 0 Å². The van der Waals surface area contributed by atoms with Crippen molar-refractivity contribution in [1.29, 1.82) is 0 Å². The van der Waals surface area contributed by atoms with Crippen LogP contribution in [0.5, 0.6) is 0 Å². The molecule has 1 aliphatic rings. The Labute approximate surface area is 84.3 Å². The third kappa shape index (κ3) is 4.87. The van der Waals surface area contributed by atoms with Crippen molar-refractivity contribution in [3.05, 3.63) is 12.7 Å². The van der Waals surface area contributed by atoms with Gasteiger partial charge in [0.1, 0.15) is 0 Å². The first kappa shape index (κ1) is 12.4. The maximum Gasteiger partial charge on any atom is 0.244 e. The summed E-state index contributed by atoms with van der Waals surface area (Å²) in [6.45, 7) is 7.24. The molecule has 1 heterocycles. The number of hydrogen-bond donors (Lipinski definition) is 1. The topological polar surface area (TPSA) is 41.6 Å². The first-order valence-corrected chi connectivity index (χ1v) is 4.03. The van der Waals surface area contributed by atoms with Crippen molar-refractivity contribution in [1.82, 2.24) is 10.2 Å². The van der Waals surface area contributed by atoms with Gasteiger partial charge in [0.15, 0.2) is 0 Å². The lowest BCUT2D eigenvalue weighted by molar-refractivity contribution is -0.117. The van der Waals surface area contributed by atoms with E-state index in [4.69, 9.17) is 4.74 Å². The highest BCUT2D eigenvalue weighted by molar-refractivity contribution is 5.86. The smallest absolute Gasteiger partial charge is 0.244 e. The number of halogens is 1. The second-order valence-electron chi connectivity index (χ2n) is 2.63. The molecule has 0 spiro atoms. The molecule has 0 bridgehead atoms. The zero-order chi connectivity index (χ0) is 8.81. The highest BCUT2D eigenvalue weighted by Gasteiger charge is 2.09. The van der Waals surface area contributed by atoms with Crippen LogP contribution in [0.2, 0.25) is 0 Å². The molecule has 1 amide bonds. The first-order chi connectivity index (χ1) is 5.83. The molecule has 0 radical (unpaired) electrons. The Hall–Kier alpha value is -0.580. The zero-order valence-electron chi connectivity index (χ0n) is 7.49. The van der Waals surface area contributed by atoms with Crippen LogP contribution >= 0.6 is 12.4 Å². The minimum absolute atomic E-state index is 0. The molecule has 0 aliphatic carbocycles. The van der Waals surface area contributed by atoms with Crippen LogP contribution in [-0.2, 0) is 9.53 Å². The van der Waals surface area contributed by atoms with E-state index in [0.29, 0.717) is 6.67 Å². The number of morpholine rings is 1. The number of amides is 1. The lowest BCUT2D eigenvalue weighted by Crippen LogP contribution is -2.43. The summed E-state index contributed by atoms with van der Waals surface area (Å²) in [6, 6.07) is 0. The molecule has 1 fully saturated rings. The molecule has 13 heavy (non-hydrogen) atoms. The van der Waals surface area contributed by atoms with E-state index in [0.717, 1.165) is 26.3 Å². The predicted octanol–water partition coefficient (Wildman–Crippen LogP) is 0.0001000. The molecular formula is C8H15ClN2O2. The summed E-state index contributed by atoms with van der Waals surface area (Å²) in [7, 11) is 0. The van der Waals surface area contributed by atoms with Crippen LogP contribution in [0.3, 0.4) is 0 Å². The Morgan fingerprint density at radius 2 is 2.15 bits per heavy atom. The summed E-state index contributed by atoms with van der Waals surface area (Å²) < 4.78 is 5.16. The van der Waals surface area contributed by atoms with Crippen molar-refractivity contribution in [2.45, 2.75) is 0 Å². The van der Waals surface area contributed by atoms with Gasteiger partial charge >= 0.3 is 0 Å². The average Bonchev–Trinajstić information content (AvgIpc) is 2.16. The number of ether oxygens (including phenoxy) is 1. The zero-order valence-corrected chi connectivity index (χ0v) is 8.31.